The molecule has 1 saturated heterocycles. The Kier molecular flexibility index (Phi) is 5.62. The Labute approximate surface area is 156 Å². The number of hydrogen-bond acceptors (Lipinski definition) is 4. The maximum atomic E-state index is 12.2. The van der Waals surface area contributed by atoms with Gasteiger partial charge < -0.3 is 4.84 Å². The van der Waals surface area contributed by atoms with E-state index in [2.05, 4.69) is 22.6 Å². The van der Waals surface area contributed by atoms with Crippen LogP contribution < -0.4 is 0 Å². The molecule has 0 aromatic heterocycles. The van der Waals surface area contributed by atoms with Crippen molar-refractivity contribution in [2.24, 2.45) is 0 Å². The van der Waals surface area contributed by atoms with Crippen LogP contribution in [0.15, 0.2) is 12.1 Å². The van der Waals surface area contributed by atoms with Crippen LogP contribution in [0.3, 0.4) is 0 Å². The lowest BCUT2D eigenvalue weighted by molar-refractivity contribution is -0.184. The van der Waals surface area contributed by atoms with Gasteiger partial charge in [-0.15, -0.1) is 5.06 Å². The predicted octanol–water partition coefficient (Wildman–Crippen LogP) is 3.11. The summed E-state index contributed by atoms with van der Waals surface area (Å²) in [4.78, 5) is 40.5. The number of nitrogens with zero attached hydrogens (tertiary/aromatic N) is 1. The number of piperidine rings is 1. The minimum Gasteiger partial charge on any atom is -0.325 e. The van der Waals surface area contributed by atoms with Crippen molar-refractivity contribution in [2.75, 3.05) is 0 Å². The third-order valence-corrected chi connectivity index (χ3v) is 6.61. The summed E-state index contributed by atoms with van der Waals surface area (Å²) in [6.45, 7) is 0. The molecule has 20 heavy (non-hydrogen) atoms. The molecule has 0 N–H and O–H groups in total. The van der Waals surface area contributed by atoms with Gasteiger partial charge in [0.05, 0.1) is 5.56 Å². The Morgan fingerprint density at radius 3 is 2.20 bits per heavy atom. The second-order valence-electron chi connectivity index (χ2n) is 4.03. The van der Waals surface area contributed by atoms with Gasteiger partial charge in [0.1, 0.15) is 0 Å². The quantitative estimate of drug-likeness (QED) is 0.293. The van der Waals surface area contributed by atoms with Gasteiger partial charge in [-0.2, -0.15) is 0 Å². The summed E-state index contributed by atoms with van der Waals surface area (Å²) >= 11 is 6.19. The topological polar surface area (TPSA) is 63.7 Å². The molecule has 1 aliphatic rings. The van der Waals surface area contributed by atoms with Crippen molar-refractivity contribution < 1.29 is 19.2 Å². The minimum absolute atomic E-state index is 0.222. The lowest BCUT2D eigenvalue weighted by Gasteiger charge is -2.23. The van der Waals surface area contributed by atoms with Gasteiger partial charge in [-0.05, 0) is 86.3 Å². The molecule has 0 bridgehead atoms. The van der Waals surface area contributed by atoms with Crippen LogP contribution in [-0.4, -0.2) is 22.8 Å². The van der Waals surface area contributed by atoms with Crippen molar-refractivity contribution in [3.63, 3.8) is 0 Å². The molecule has 0 saturated carbocycles. The van der Waals surface area contributed by atoms with Gasteiger partial charge in [-0.1, -0.05) is 0 Å². The Bertz CT molecular complexity index is 587. The van der Waals surface area contributed by atoms with Gasteiger partial charge in [0.25, 0.3) is 11.8 Å². The van der Waals surface area contributed by atoms with Crippen LogP contribution in [0.25, 0.3) is 0 Å². The first kappa shape index (κ1) is 16.4. The largest absolute Gasteiger partial charge is 0.366 e. The van der Waals surface area contributed by atoms with E-state index in [0.717, 1.165) is 7.14 Å². The number of imide groups is 1. The fourth-order valence-corrected chi connectivity index (χ4v) is 4.00. The number of hydroxylamine groups is 2. The average Bonchev–Trinajstić information content (AvgIpc) is 2.39. The smallest absolute Gasteiger partial charge is 0.325 e. The van der Waals surface area contributed by atoms with Crippen LogP contribution in [0.4, 0.5) is 0 Å². The summed E-state index contributed by atoms with van der Waals surface area (Å²) in [7, 11) is 0. The molecule has 0 radical (unpaired) electrons. The zero-order valence-corrected chi connectivity index (χ0v) is 16.5. The molecule has 8 heteroatoms. The van der Waals surface area contributed by atoms with Crippen LogP contribution in [0.1, 0.15) is 29.6 Å². The summed E-state index contributed by atoms with van der Waals surface area (Å²) in [6.07, 6.45) is 0.947. The fourth-order valence-electron chi connectivity index (χ4n) is 1.68. The summed E-state index contributed by atoms with van der Waals surface area (Å²) in [6, 6.07) is 3.68. The standard InChI is InChI=1S/C12H8I3NO4/c13-6-4-5-7(14)11(15)10(6)12(19)20-16-8(17)2-1-3-9(16)18/h4-5H,1-3H2. The predicted molar refractivity (Wildman–Crippen MR) is 95.7 cm³/mol. The molecule has 1 fully saturated rings. The van der Waals surface area contributed by atoms with Gasteiger partial charge in [0, 0.05) is 23.6 Å². The van der Waals surface area contributed by atoms with Crippen molar-refractivity contribution in [2.45, 2.75) is 19.3 Å². The molecular formula is C12H8I3NO4. The molecule has 1 heterocycles. The molecule has 1 aromatic carbocycles. The third kappa shape index (κ3) is 3.43. The molecule has 1 aromatic rings. The van der Waals surface area contributed by atoms with Gasteiger partial charge >= 0.3 is 5.97 Å². The van der Waals surface area contributed by atoms with Crippen LogP contribution >= 0.6 is 67.8 Å². The highest BCUT2D eigenvalue weighted by Crippen LogP contribution is 2.26. The fraction of sp³-hybridized carbons (Fsp3) is 0.250. The normalized spacial score (nSPS) is 15.4. The van der Waals surface area contributed by atoms with E-state index in [1.807, 2.05) is 51.2 Å². The molecule has 0 spiro atoms. The summed E-state index contributed by atoms with van der Waals surface area (Å²) in [5.74, 6) is -1.61. The van der Waals surface area contributed by atoms with Crippen LogP contribution in [0, 0.1) is 10.7 Å². The van der Waals surface area contributed by atoms with Crippen LogP contribution in [0.2, 0.25) is 0 Å². The number of carbonyl (C=O) groups is 3. The van der Waals surface area contributed by atoms with Crippen molar-refractivity contribution >= 4 is 85.6 Å². The van der Waals surface area contributed by atoms with Gasteiger partial charge in [-0.25, -0.2) is 4.79 Å². The van der Waals surface area contributed by atoms with Gasteiger partial charge in [0.2, 0.25) is 0 Å². The molecule has 2 rings (SSSR count). The number of benzene rings is 1. The summed E-state index contributed by atoms with van der Waals surface area (Å²) < 4.78 is 2.37. The van der Waals surface area contributed by atoms with Crippen molar-refractivity contribution in [1.82, 2.24) is 5.06 Å². The van der Waals surface area contributed by atoms with Gasteiger partial charge in [-0.3, -0.25) is 9.59 Å². The zero-order valence-electron chi connectivity index (χ0n) is 9.99. The molecule has 0 aliphatic carbocycles. The third-order valence-electron chi connectivity index (χ3n) is 2.66. The summed E-state index contributed by atoms with van der Waals surface area (Å²) in [5, 5.41) is 0.595. The molecule has 1 aliphatic heterocycles. The minimum atomic E-state index is -0.680. The molecule has 106 valence electrons. The number of rotatable bonds is 2. The number of halogens is 3. The SMILES string of the molecule is O=C(ON1C(=O)CCCC1=O)c1c(I)ccc(I)c1I. The van der Waals surface area contributed by atoms with E-state index in [4.69, 9.17) is 4.84 Å². The number of carbonyl (C=O) groups excluding carboxylic acids is 3. The average molecular weight is 611 g/mol. The number of hydrogen-bond donors (Lipinski definition) is 0. The molecule has 0 unspecified atom stereocenters. The van der Waals surface area contributed by atoms with E-state index in [1.54, 1.807) is 6.07 Å². The van der Waals surface area contributed by atoms with E-state index in [1.165, 1.54) is 0 Å². The van der Waals surface area contributed by atoms with E-state index >= 15 is 0 Å². The highest BCUT2D eigenvalue weighted by molar-refractivity contribution is 14.1. The van der Waals surface area contributed by atoms with E-state index in [-0.39, 0.29) is 12.8 Å². The molecule has 5 nitrogen and oxygen atoms in total. The molecular weight excluding hydrogens is 603 g/mol. The molecule has 0 atom stereocenters. The van der Waals surface area contributed by atoms with Crippen LogP contribution in [-0.2, 0) is 14.4 Å². The van der Waals surface area contributed by atoms with E-state index in [0.29, 0.717) is 20.6 Å². The van der Waals surface area contributed by atoms with E-state index in [9.17, 15) is 14.4 Å². The van der Waals surface area contributed by atoms with Crippen molar-refractivity contribution in [3.05, 3.63) is 28.4 Å². The first-order valence-electron chi connectivity index (χ1n) is 5.63. The number of amides is 2. The van der Waals surface area contributed by atoms with Crippen molar-refractivity contribution in [3.8, 4) is 0 Å². The van der Waals surface area contributed by atoms with E-state index < -0.39 is 17.8 Å². The second kappa shape index (κ2) is 6.85. The maximum absolute atomic E-state index is 12.2. The summed E-state index contributed by atoms with van der Waals surface area (Å²) in [5.41, 5.74) is 0.379. The lowest BCUT2D eigenvalue weighted by atomic mass is 10.1. The highest BCUT2D eigenvalue weighted by atomic mass is 127. The Balaban J connectivity index is 2.27. The van der Waals surface area contributed by atoms with Gasteiger partial charge in [0.15, 0.2) is 0 Å². The maximum Gasteiger partial charge on any atom is 0.366 e. The zero-order chi connectivity index (χ0) is 14.9. The lowest BCUT2D eigenvalue weighted by Crippen LogP contribution is -2.41. The molecule has 2 amide bonds. The van der Waals surface area contributed by atoms with Crippen LogP contribution in [0.5, 0.6) is 0 Å². The Hall–Kier alpha value is 0.0200. The van der Waals surface area contributed by atoms with Crippen molar-refractivity contribution in [1.29, 1.82) is 0 Å². The first-order chi connectivity index (χ1) is 9.41. The second-order valence-corrected chi connectivity index (χ2v) is 7.44. The Morgan fingerprint density at radius 2 is 1.60 bits per heavy atom. The highest BCUT2D eigenvalue weighted by Gasteiger charge is 2.31. The first-order valence-corrected chi connectivity index (χ1v) is 8.87. The monoisotopic (exact) mass is 611 g/mol. The Morgan fingerprint density at radius 1 is 1.05 bits per heavy atom.